The number of carbonyl (C=O) groups is 2. The SMILES string of the molecule is CC(C)(C)c1ccc(C(=O)C2CCC(=O)O2)cc1. The van der Waals surface area contributed by atoms with Crippen LogP contribution in [0.1, 0.15) is 49.5 Å². The summed E-state index contributed by atoms with van der Waals surface area (Å²) in [5.41, 5.74) is 1.87. The van der Waals surface area contributed by atoms with Crippen molar-refractivity contribution < 1.29 is 14.3 Å². The third kappa shape index (κ3) is 2.61. The molecule has 1 atom stereocenters. The van der Waals surface area contributed by atoms with Crippen LogP contribution in [0.25, 0.3) is 0 Å². The summed E-state index contributed by atoms with van der Waals surface area (Å²) in [6, 6.07) is 7.55. The average Bonchev–Trinajstić information content (AvgIpc) is 2.74. The standard InChI is InChI=1S/C15H18O3/c1-15(2,3)11-6-4-10(5-7-11)14(17)12-8-9-13(16)18-12/h4-7,12H,8-9H2,1-3H3. The lowest BCUT2D eigenvalue weighted by atomic mass is 9.86. The van der Waals surface area contributed by atoms with Crippen molar-refractivity contribution in [2.24, 2.45) is 0 Å². The highest BCUT2D eigenvalue weighted by molar-refractivity contribution is 6.01. The monoisotopic (exact) mass is 246 g/mol. The fraction of sp³-hybridized carbons (Fsp3) is 0.467. The Balaban J connectivity index is 2.15. The molecule has 0 aromatic heterocycles. The van der Waals surface area contributed by atoms with Gasteiger partial charge in [-0.2, -0.15) is 0 Å². The molecule has 1 aliphatic heterocycles. The normalized spacial score (nSPS) is 19.7. The first-order valence-electron chi connectivity index (χ1n) is 6.22. The second-order valence-electron chi connectivity index (χ2n) is 5.71. The molecule has 0 amide bonds. The molecule has 1 unspecified atom stereocenters. The van der Waals surface area contributed by atoms with Gasteiger partial charge in [0.05, 0.1) is 0 Å². The highest BCUT2D eigenvalue weighted by Gasteiger charge is 2.30. The largest absolute Gasteiger partial charge is 0.454 e. The van der Waals surface area contributed by atoms with Gasteiger partial charge in [-0.05, 0) is 11.0 Å². The second-order valence-corrected chi connectivity index (χ2v) is 5.71. The molecule has 1 aromatic rings. The minimum atomic E-state index is -0.585. The van der Waals surface area contributed by atoms with Crippen molar-refractivity contribution in [2.45, 2.75) is 45.1 Å². The Morgan fingerprint density at radius 3 is 2.28 bits per heavy atom. The first-order chi connectivity index (χ1) is 8.38. The van der Waals surface area contributed by atoms with Gasteiger partial charge in [0.15, 0.2) is 6.10 Å². The highest BCUT2D eigenvalue weighted by Crippen LogP contribution is 2.24. The van der Waals surface area contributed by atoms with Gasteiger partial charge >= 0.3 is 5.97 Å². The number of hydrogen-bond donors (Lipinski definition) is 0. The summed E-state index contributed by atoms with van der Waals surface area (Å²) in [7, 11) is 0. The van der Waals surface area contributed by atoms with Crippen LogP contribution in [0.3, 0.4) is 0 Å². The number of rotatable bonds is 2. The molecule has 3 heteroatoms. The maximum absolute atomic E-state index is 12.1. The summed E-state index contributed by atoms with van der Waals surface area (Å²) >= 11 is 0. The van der Waals surface area contributed by atoms with E-state index < -0.39 is 6.10 Å². The van der Waals surface area contributed by atoms with Crippen LogP contribution in [0.15, 0.2) is 24.3 Å². The Morgan fingerprint density at radius 2 is 1.83 bits per heavy atom. The van der Waals surface area contributed by atoms with Crippen LogP contribution in [-0.4, -0.2) is 17.9 Å². The van der Waals surface area contributed by atoms with E-state index >= 15 is 0 Å². The van der Waals surface area contributed by atoms with E-state index in [-0.39, 0.29) is 17.2 Å². The van der Waals surface area contributed by atoms with Crippen LogP contribution in [0, 0.1) is 0 Å². The third-order valence-corrected chi connectivity index (χ3v) is 3.21. The molecule has 18 heavy (non-hydrogen) atoms. The number of benzene rings is 1. The number of Topliss-reactive ketones (excluding diaryl/α,β-unsaturated/α-hetero) is 1. The average molecular weight is 246 g/mol. The number of esters is 1. The summed E-state index contributed by atoms with van der Waals surface area (Å²) < 4.78 is 4.99. The lowest BCUT2D eigenvalue weighted by Gasteiger charge is -2.19. The molecule has 0 radical (unpaired) electrons. The van der Waals surface area contributed by atoms with Crippen molar-refractivity contribution in [1.29, 1.82) is 0 Å². The molecular formula is C15H18O3. The van der Waals surface area contributed by atoms with Gasteiger partial charge < -0.3 is 4.74 Å². The quantitative estimate of drug-likeness (QED) is 0.595. The second kappa shape index (κ2) is 4.56. The van der Waals surface area contributed by atoms with Gasteiger partial charge in [-0.1, -0.05) is 45.0 Å². The smallest absolute Gasteiger partial charge is 0.306 e. The third-order valence-electron chi connectivity index (χ3n) is 3.21. The van der Waals surface area contributed by atoms with Crippen LogP contribution >= 0.6 is 0 Å². The van der Waals surface area contributed by atoms with Crippen LogP contribution in [0.4, 0.5) is 0 Å². The van der Waals surface area contributed by atoms with E-state index in [9.17, 15) is 9.59 Å². The molecule has 1 saturated heterocycles. The number of ether oxygens (including phenoxy) is 1. The molecule has 0 aliphatic carbocycles. The highest BCUT2D eigenvalue weighted by atomic mass is 16.6. The van der Waals surface area contributed by atoms with Crippen molar-refractivity contribution in [2.75, 3.05) is 0 Å². The van der Waals surface area contributed by atoms with Crippen molar-refractivity contribution >= 4 is 11.8 Å². The molecular weight excluding hydrogens is 228 g/mol. The van der Waals surface area contributed by atoms with E-state index in [1.807, 2.05) is 24.3 Å². The van der Waals surface area contributed by atoms with E-state index in [1.54, 1.807) is 0 Å². The van der Waals surface area contributed by atoms with Gasteiger partial charge in [-0.3, -0.25) is 9.59 Å². The Kier molecular flexibility index (Phi) is 3.24. The van der Waals surface area contributed by atoms with Gasteiger partial charge in [0, 0.05) is 18.4 Å². The maximum atomic E-state index is 12.1. The first kappa shape index (κ1) is 12.8. The van der Waals surface area contributed by atoms with Crippen molar-refractivity contribution in [1.82, 2.24) is 0 Å². The van der Waals surface area contributed by atoms with E-state index in [2.05, 4.69) is 20.8 Å². The van der Waals surface area contributed by atoms with E-state index in [0.717, 1.165) is 0 Å². The zero-order chi connectivity index (χ0) is 13.3. The van der Waals surface area contributed by atoms with Crippen LogP contribution in [0.2, 0.25) is 0 Å². The molecule has 1 aromatic carbocycles. The van der Waals surface area contributed by atoms with Crippen molar-refractivity contribution in [3.8, 4) is 0 Å². The Labute approximate surface area is 107 Å². The fourth-order valence-electron chi connectivity index (χ4n) is 2.03. The Bertz CT molecular complexity index is 466. The summed E-state index contributed by atoms with van der Waals surface area (Å²) in [5.74, 6) is -0.374. The molecule has 1 fully saturated rings. The van der Waals surface area contributed by atoms with Crippen LogP contribution < -0.4 is 0 Å². The molecule has 0 saturated carbocycles. The van der Waals surface area contributed by atoms with E-state index in [0.29, 0.717) is 18.4 Å². The topological polar surface area (TPSA) is 43.4 Å². The molecule has 0 N–H and O–H groups in total. The summed E-state index contributed by atoms with van der Waals surface area (Å²) in [6.07, 6.45) is 0.257. The molecule has 0 bridgehead atoms. The first-order valence-corrected chi connectivity index (χ1v) is 6.22. The van der Waals surface area contributed by atoms with Gasteiger partial charge in [0.25, 0.3) is 0 Å². The van der Waals surface area contributed by atoms with Gasteiger partial charge in [0.2, 0.25) is 5.78 Å². The summed E-state index contributed by atoms with van der Waals surface area (Å²) in [5, 5.41) is 0. The van der Waals surface area contributed by atoms with Gasteiger partial charge in [-0.25, -0.2) is 0 Å². The van der Waals surface area contributed by atoms with Gasteiger partial charge in [-0.15, -0.1) is 0 Å². The van der Waals surface area contributed by atoms with Gasteiger partial charge in [0.1, 0.15) is 0 Å². The van der Waals surface area contributed by atoms with Crippen molar-refractivity contribution in [3.05, 3.63) is 35.4 Å². The maximum Gasteiger partial charge on any atom is 0.306 e. The molecule has 1 heterocycles. The molecule has 3 nitrogen and oxygen atoms in total. The zero-order valence-corrected chi connectivity index (χ0v) is 11.0. The van der Waals surface area contributed by atoms with Crippen molar-refractivity contribution in [3.63, 3.8) is 0 Å². The summed E-state index contributed by atoms with van der Waals surface area (Å²) in [6.45, 7) is 6.38. The number of cyclic esters (lactones) is 1. The molecule has 96 valence electrons. The van der Waals surface area contributed by atoms with E-state index in [1.165, 1.54) is 5.56 Å². The predicted octanol–water partition coefficient (Wildman–Crippen LogP) is 2.87. The Hall–Kier alpha value is -1.64. The number of hydrogen-bond acceptors (Lipinski definition) is 3. The van der Waals surface area contributed by atoms with Crippen LogP contribution in [0.5, 0.6) is 0 Å². The summed E-state index contributed by atoms with van der Waals surface area (Å²) in [4.78, 5) is 23.1. The zero-order valence-electron chi connectivity index (χ0n) is 11.0. The molecule has 0 spiro atoms. The number of ketones is 1. The lowest BCUT2D eigenvalue weighted by molar-refractivity contribution is -0.140. The number of carbonyl (C=O) groups excluding carboxylic acids is 2. The minimum absolute atomic E-state index is 0.0708. The molecule has 2 rings (SSSR count). The molecule has 1 aliphatic rings. The van der Waals surface area contributed by atoms with Crippen LogP contribution in [-0.2, 0) is 14.9 Å². The van der Waals surface area contributed by atoms with E-state index in [4.69, 9.17) is 4.74 Å². The lowest BCUT2D eigenvalue weighted by Crippen LogP contribution is -2.20. The predicted molar refractivity (Wildman–Crippen MR) is 68.6 cm³/mol. The minimum Gasteiger partial charge on any atom is -0.454 e. The fourth-order valence-corrected chi connectivity index (χ4v) is 2.03. The Morgan fingerprint density at radius 1 is 1.22 bits per heavy atom.